The summed E-state index contributed by atoms with van der Waals surface area (Å²) in [6, 6.07) is 22.2. The van der Waals surface area contributed by atoms with Gasteiger partial charge in [-0.05, 0) is 86.0 Å². The van der Waals surface area contributed by atoms with Crippen molar-refractivity contribution in [2.75, 3.05) is 68.9 Å². The highest BCUT2D eigenvalue weighted by molar-refractivity contribution is 6.31. The molecule has 5 aromatic rings. The average molecular weight is 917 g/mol. The molecule has 0 radical (unpaired) electrons. The quantitative estimate of drug-likeness (QED) is 0.0464. The number of imide groups is 1. The van der Waals surface area contributed by atoms with E-state index in [1.165, 1.54) is 24.0 Å². The zero-order valence-electron chi connectivity index (χ0n) is 36.8. The summed E-state index contributed by atoms with van der Waals surface area (Å²) in [5.74, 6) is -0.368. The Morgan fingerprint density at radius 1 is 0.924 bits per heavy atom. The Morgan fingerprint density at radius 2 is 1.71 bits per heavy atom. The second-order valence-corrected chi connectivity index (χ2v) is 17.7. The van der Waals surface area contributed by atoms with Gasteiger partial charge < -0.3 is 30.7 Å². The second kappa shape index (κ2) is 20.1. The lowest BCUT2D eigenvalue weighted by Crippen LogP contribution is -2.52. The first kappa shape index (κ1) is 45.0. The number of piperazine rings is 1. The van der Waals surface area contributed by atoms with Crippen LogP contribution in [0.2, 0.25) is 5.02 Å². The number of halogens is 2. The number of hydrogen-bond donors (Lipinski definition) is 5. The number of piperidine rings is 2. The number of aliphatic hydroxyl groups excluding tert-OH is 1. The highest BCUT2D eigenvalue weighted by atomic mass is 35.5. The normalized spacial score (nSPS) is 19.3. The summed E-state index contributed by atoms with van der Waals surface area (Å²) in [7, 11) is 1.56. The van der Waals surface area contributed by atoms with Crippen LogP contribution in [0.5, 0.6) is 5.75 Å². The molecule has 3 fully saturated rings. The Kier molecular flexibility index (Phi) is 13.7. The van der Waals surface area contributed by atoms with Crippen LogP contribution in [0.15, 0.2) is 91.3 Å². The van der Waals surface area contributed by atoms with Gasteiger partial charge in [0.1, 0.15) is 36.0 Å². The van der Waals surface area contributed by atoms with Gasteiger partial charge in [0.05, 0.1) is 23.3 Å². The average Bonchev–Trinajstić information content (AvgIpc) is 3.66. The molecule has 0 bridgehead atoms. The zero-order valence-corrected chi connectivity index (χ0v) is 37.6. The van der Waals surface area contributed by atoms with Gasteiger partial charge in [-0.3, -0.25) is 34.4 Å². The van der Waals surface area contributed by atoms with Crippen LogP contribution >= 0.6 is 11.6 Å². The first-order valence-corrected chi connectivity index (χ1v) is 22.9. The van der Waals surface area contributed by atoms with E-state index >= 15 is 0 Å². The number of anilines is 4. The van der Waals surface area contributed by atoms with Crippen LogP contribution in [0, 0.1) is 5.82 Å². The fraction of sp³-hybridized carbons (Fsp3) is 0.367. The van der Waals surface area contributed by atoms with Gasteiger partial charge in [-0.15, -0.1) is 0 Å². The van der Waals surface area contributed by atoms with Gasteiger partial charge in [0.25, 0.3) is 5.91 Å². The van der Waals surface area contributed by atoms with Crippen molar-refractivity contribution >= 4 is 63.1 Å². The molecule has 5 N–H and O–H groups in total. The molecule has 66 heavy (non-hydrogen) atoms. The van der Waals surface area contributed by atoms with Gasteiger partial charge in [0.15, 0.2) is 0 Å². The van der Waals surface area contributed by atoms with E-state index in [4.69, 9.17) is 16.3 Å². The van der Waals surface area contributed by atoms with Crippen molar-refractivity contribution in [1.29, 1.82) is 0 Å². The number of hydrogen-bond acceptors (Lipinski definition) is 13. The molecular formula is C49H54ClFN10O5. The fourth-order valence-electron chi connectivity index (χ4n) is 9.44. The monoisotopic (exact) mass is 916 g/mol. The van der Waals surface area contributed by atoms with Gasteiger partial charge in [-0.2, -0.15) is 0 Å². The lowest BCUT2D eigenvalue weighted by atomic mass is 10.0. The van der Waals surface area contributed by atoms with E-state index in [1.807, 2.05) is 24.3 Å². The highest BCUT2D eigenvalue weighted by Gasteiger charge is 2.40. The third-order valence-corrected chi connectivity index (χ3v) is 13.4. The minimum Gasteiger partial charge on any atom is -0.495 e. The standard InChI is InChI=1S/C49H54ClFN10O5/c1-66-44-26-41-36(47(54-30-53-41)55-33-11-12-39(51)38(50)24-33)25-42(44)56-45(62)6-3-17-58-18-15-34(16-19-58)60-22-20-59(21-23-60)28-32-9-7-31(8-10-32)27-52-40-5-2-4-35-37(40)29-61(49(35)65)43-13-14-46(63)57-48(43)64/h2-12,24-26,30,34,43,45,52,56,62H,13-23,27-29H2,1H3,(H,53,54,55)(H,57,63,64)/b6-3+. The minimum absolute atomic E-state index is 0.001000. The number of fused-ring (bicyclic) bond motifs is 2. The maximum Gasteiger partial charge on any atom is 0.255 e. The molecule has 2 atom stereocenters. The van der Waals surface area contributed by atoms with Crippen molar-refractivity contribution in [3.8, 4) is 5.75 Å². The van der Waals surface area contributed by atoms with Crippen LogP contribution in [-0.2, 0) is 29.2 Å². The van der Waals surface area contributed by atoms with Gasteiger partial charge in [0.2, 0.25) is 11.8 Å². The van der Waals surface area contributed by atoms with E-state index in [1.54, 1.807) is 36.3 Å². The fourth-order valence-corrected chi connectivity index (χ4v) is 9.63. The van der Waals surface area contributed by atoms with Crippen LogP contribution < -0.4 is 26.0 Å². The summed E-state index contributed by atoms with van der Waals surface area (Å²) in [5, 5.41) is 23.8. The zero-order chi connectivity index (χ0) is 45.7. The highest BCUT2D eigenvalue weighted by Crippen LogP contribution is 2.35. The Balaban J connectivity index is 0.696. The minimum atomic E-state index is -0.963. The van der Waals surface area contributed by atoms with Gasteiger partial charge >= 0.3 is 0 Å². The smallest absolute Gasteiger partial charge is 0.255 e. The van der Waals surface area contributed by atoms with Crippen molar-refractivity contribution in [3.63, 3.8) is 0 Å². The molecule has 0 spiro atoms. The molecule has 5 heterocycles. The van der Waals surface area contributed by atoms with Gasteiger partial charge in [0, 0.05) is 98.8 Å². The molecule has 15 nitrogen and oxygen atoms in total. The van der Waals surface area contributed by atoms with E-state index in [-0.39, 0.29) is 23.3 Å². The van der Waals surface area contributed by atoms with E-state index in [0.29, 0.717) is 65.0 Å². The Bertz CT molecular complexity index is 2620. The van der Waals surface area contributed by atoms with Crippen LogP contribution in [0.1, 0.15) is 52.7 Å². The molecule has 0 saturated carbocycles. The maximum atomic E-state index is 13.7. The number of carbonyl (C=O) groups is 3. The van der Waals surface area contributed by atoms with Crippen LogP contribution in [0.4, 0.5) is 27.3 Å². The third-order valence-electron chi connectivity index (χ3n) is 13.1. The third kappa shape index (κ3) is 10.3. The topological polar surface area (TPSA) is 168 Å². The van der Waals surface area contributed by atoms with Crippen molar-refractivity contribution < 1.29 is 28.6 Å². The molecule has 4 aliphatic rings. The largest absolute Gasteiger partial charge is 0.495 e. The molecule has 9 rings (SSSR count). The van der Waals surface area contributed by atoms with Crippen molar-refractivity contribution in [2.24, 2.45) is 0 Å². The number of nitrogens with one attached hydrogen (secondary N) is 4. The van der Waals surface area contributed by atoms with Crippen molar-refractivity contribution in [2.45, 2.75) is 63.6 Å². The first-order valence-electron chi connectivity index (χ1n) is 22.5. The number of rotatable bonds is 15. The molecule has 1 aromatic heterocycles. The van der Waals surface area contributed by atoms with Crippen LogP contribution in [-0.4, -0.2) is 124 Å². The Hall–Kier alpha value is -6.17. The number of benzene rings is 4. The van der Waals surface area contributed by atoms with E-state index in [9.17, 15) is 23.9 Å². The van der Waals surface area contributed by atoms with Crippen molar-refractivity contribution in [3.05, 3.63) is 124 Å². The second-order valence-electron chi connectivity index (χ2n) is 17.3. The molecule has 344 valence electrons. The Morgan fingerprint density at radius 3 is 2.47 bits per heavy atom. The van der Waals surface area contributed by atoms with Crippen LogP contribution in [0.25, 0.3) is 10.9 Å². The summed E-state index contributed by atoms with van der Waals surface area (Å²) >= 11 is 5.99. The molecular weight excluding hydrogens is 863 g/mol. The molecule has 3 amide bonds. The summed E-state index contributed by atoms with van der Waals surface area (Å²) in [6.07, 6.45) is 7.02. The summed E-state index contributed by atoms with van der Waals surface area (Å²) < 4.78 is 19.4. The Labute approximate surface area is 388 Å². The SMILES string of the molecule is COc1cc2ncnc(Nc3ccc(F)c(Cl)c3)c2cc1NC(O)/C=C/CN1CCC(N2CCN(Cc3ccc(CNc4cccc5c4CN(C4CCC(=O)NC4=O)C5=O)cc3)CC2)CC1. The van der Waals surface area contributed by atoms with Gasteiger partial charge in [-0.1, -0.05) is 48.0 Å². The van der Waals surface area contributed by atoms with Crippen molar-refractivity contribution in [1.82, 2.24) is 34.9 Å². The van der Waals surface area contributed by atoms with E-state index < -0.39 is 24.0 Å². The van der Waals surface area contributed by atoms with Gasteiger partial charge in [-0.25, -0.2) is 14.4 Å². The summed E-state index contributed by atoms with van der Waals surface area (Å²) in [5.41, 5.74) is 6.54. The number of methoxy groups -OCH3 is 1. The molecule has 4 aliphatic heterocycles. The lowest BCUT2D eigenvalue weighted by Gasteiger charge is -2.42. The number of ether oxygens (including phenoxy) is 1. The number of amides is 3. The van der Waals surface area contributed by atoms with Crippen LogP contribution in [0.3, 0.4) is 0 Å². The molecule has 3 saturated heterocycles. The number of carbonyl (C=O) groups excluding carboxylic acids is 3. The van der Waals surface area contributed by atoms with E-state index in [2.05, 4.69) is 70.2 Å². The summed E-state index contributed by atoms with van der Waals surface area (Å²) in [4.78, 5) is 55.4. The lowest BCUT2D eigenvalue weighted by molar-refractivity contribution is -0.136. The number of aliphatic hydroxyl groups is 1. The molecule has 0 aliphatic carbocycles. The predicted octanol–water partition coefficient (Wildman–Crippen LogP) is 6.12. The molecule has 2 unspecified atom stereocenters. The molecule has 17 heteroatoms. The van der Waals surface area contributed by atoms with E-state index in [0.717, 1.165) is 82.0 Å². The number of likely N-dealkylation sites (tertiary alicyclic amines) is 1. The number of nitrogens with zero attached hydrogens (tertiary/aromatic N) is 6. The molecule has 4 aromatic carbocycles. The predicted molar refractivity (Wildman–Crippen MR) is 252 cm³/mol. The number of aromatic nitrogens is 2. The maximum absolute atomic E-state index is 13.7. The first-order chi connectivity index (χ1) is 32.1. The summed E-state index contributed by atoms with van der Waals surface area (Å²) in [6.45, 7) is 8.75.